The highest BCUT2D eigenvalue weighted by atomic mass is 16.6. The molecule has 126 valence electrons. The molecule has 0 fully saturated rings. The van der Waals surface area contributed by atoms with Crippen molar-refractivity contribution in [2.24, 2.45) is 0 Å². The first-order valence-electron chi connectivity index (χ1n) is 8.26. The van der Waals surface area contributed by atoms with Crippen LogP contribution in [-0.4, -0.2) is 17.2 Å². The Hall–Kier alpha value is -2.91. The molecule has 3 nitrogen and oxygen atoms in total. The minimum Gasteiger partial charge on any atom is -0.451 e. The van der Waals surface area contributed by atoms with Gasteiger partial charge in [0.05, 0.1) is 0 Å². The van der Waals surface area contributed by atoms with Crippen LogP contribution >= 0.6 is 0 Å². The van der Waals surface area contributed by atoms with Crippen LogP contribution in [0, 0.1) is 0 Å². The minimum atomic E-state index is -1.20. The molecular formula is C22H20O3. The van der Waals surface area contributed by atoms with Crippen molar-refractivity contribution in [2.45, 2.75) is 18.6 Å². The maximum atomic E-state index is 12.4. The van der Waals surface area contributed by atoms with E-state index < -0.39 is 18.2 Å². The maximum Gasteiger partial charge on any atom is 0.336 e. The Morgan fingerprint density at radius 2 is 1.20 bits per heavy atom. The Bertz CT molecular complexity index is 746. The smallest absolute Gasteiger partial charge is 0.336 e. The summed E-state index contributed by atoms with van der Waals surface area (Å²) in [6.07, 6.45) is -1.51. The zero-order valence-corrected chi connectivity index (χ0v) is 13.8. The van der Waals surface area contributed by atoms with Gasteiger partial charge in [-0.05, 0) is 16.7 Å². The molecule has 0 spiro atoms. The Kier molecular flexibility index (Phi) is 5.60. The van der Waals surface area contributed by atoms with E-state index in [1.54, 1.807) is 0 Å². The normalized spacial score (nSPS) is 11.9. The summed E-state index contributed by atoms with van der Waals surface area (Å²) >= 11 is 0. The zero-order valence-electron chi connectivity index (χ0n) is 13.8. The summed E-state index contributed by atoms with van der Waals surface area (Å²) in [6.45, 7) is 0. The monoisotopic (exact) mass is 332 g/mol. The zero-order chi connectivity index (χ0) is 17.5. The standard InChI is InChI=1S/C22H20O3/c23-20(16-17-10-4-1-5-11-17)22(24)25-21(18-12-6-2-7-13-18)19-14-8-3-9-15-19/h1-15,20-21,23H,16H2/t20-/m0/s1. The van der Waals surface area contributed by atoms with Gasteiger partial charge in [0.25, 0.3) is 0 Å². The number of carbonyl (C=O) groups is 1. The van der Waals surface area contributed by atoms with Crippen molar-refractivity contribution in [1.82, 2.24) is 0 Å². The third kappa shape index (κ3) is 4.55. The molecular weight excluding hydrogens is 312 g/mol. The molecule has 0 radical (unpaired) electrons. The van der Waals surface area contributed by atoms with Gasteiger partial charge in [-0.2, -0.15) is 0 Å². The molecule has 0 amide bonds. The molecule has 0 saturated carbocycles. The van der Waals surface area contributed by atoms with E-state index in [1.165, 1.54) is 0 Å². The van der Waals surface area contributed by atoms with Crippen molar-refractivity contribution in [2.75, 3.05) is 0 Å². The van der Waals surface area contributed by atoms with Crippen LogP contribution in [0.3, 0.4) is 0 Å². The van der Waals surface area contributed by atoms with Crippen LogP contribution in [0.2, 0.25) is 0 Å². The van der Waals surface area contributed by atoms with Gasteiger partial charge < -0.3 is 9.84 Å². The Balaban J connectivity index is 1.77. The second kappa shape index (κ2) is 8.27. The molecule has 0 aliphatic rings. The lowest BCUT2D eigenvalue weighted by Gasteiger charge is -2.20. The van der Waals surface area contributed by atoms with Gasteiger partial charge in [-0.25, -0.2) is 4.79 Å². The number of benzene rings is 3. The lowest BCUT2D eigenvalue weighted by Crippen LogP contribution is -2.27. The summed E-state index contributed by atoms with van der Waals surface area (Å²) in [6, 6.07) is 28.5. The summed E-state index contributed by atoms with van der Waals surface area (Å²) in [5.41, 5.74) is 2.63. The predicted octanol–water partition coefficient (Wildman–Crippen LogP) is 3.92. The van der Waals surface area contributed by atoms with Gasteiger partial charge in [0.2, 0.25) is 0 Å². The largest absolute Gasteiger partial charge is 0.451 e. The van der Waals surface area contributed by atoms with Crippen molar-refractivity contribution in [3.05, 3.63) is 108 Å². The van der Waals surface area contributed by atoms with Crippen LogP contribution in [0.25, 0.3) is 0 Å². The highest BCUT2D eigenvalue weighted by Gasteiger charge is 2.24. The Labute approximate surface area is 147 Å². The van der Waals surface area contributed by atoms with Crippen molar-refractivity contribution >= 4 is 5.97 Å². The fourth-order valence-electron chi connectivity index (χ4n) is 2.70. The van der Waals surface area contributed by atoms with Crippen molar-refractivity contribution in [3.63, 3.8) is 0 Å². The van der Waals surface area contributed by atoms with Gasteiger partial charge in [0, 0.05) is 6.42 Å². The van der Waals surface area contributed by atoms with Gasteiger partial charge in [0.1, 0.15) is 0 Å². The van der Waals surface area contributed by atoms with Gasteiger partial charge >= 0.3 is 5.97 Å². The number of hydrogen-bond acceptors (Lipinski definition) is 3. The van der Waals surface area contributed by atoms with Gasteiger partial charge in [-0.3, -0.25) is 0 Å². The Morgan fingerprint density at radius 1 is 0.760 bits per heavy atom. The molecule has 0 saturated heterocycles. The first-order valence-corrected chi connectivity index (χ1v) is 8.26. The number of ether oxygens (including phenoxy) is 1. The van der Waals surface area contributed by atoms with E-state index >= 15 is 0 Å². The van der Waals surface area contributed by atoms with Crippen LogP contribution in [0.15, 0.2) is 91.0 Å². The molecule has 1 N–H and O–H groups in total. The number of rotatable bonds is 6. The van der Waals surface area contributed by atoms with Crippen LogP contribution < -0.4 is 0 Å². The SMILES string of the molecule is O=C(OC(c1ccccc1)c1ccccc1)[C@@H](O)Cc1ccccc1. The summed E-state index contributed by atoms with van der Waals surface area (Å²) < 4.78 is 5.67. The number of esters is 1. The molecule has 3 aromatic rings. The number of aliphatic hydroxyl groups excluding tert-OH is 1. The van der Waals surface area contributed by atoms with E-state index in [1.807, 2.05) is 91.0 Å². The molecule has 0 unspecified atom stereocenters. The molecule has 3 aromatic carbocycles. The molecule has 0 heterocycles. The van der Waals surface area contributed by atoms with Crippen LogP contribution in [0.4, 0.5) is 0 Å². The van der Waals surface area contributed by atoms with Crippen molar-refractivity contribution in [3.8, 4) is 0 Å². The fraction of sp³-hybridized carbons (Fsp3) is 0.136. The van der Waals surface area contributed by atoms with Gasteiger partial charge in [-0.15, -0.1) is 0 Å². The van der Waals surface area contributed by atoms with Crippen LogP contribution in [0.1, 0.15) is 22.8 Å². The minimum absolute atomic E-state index is 0.232. The Morgan fingerprint density at radius 3 is 1.68 bits per heavy atom. The predicted molar refractivity (Wildman–Crippen MR) is 97.0 cm³/mol. The van der Waals surface area contributed by atoms with E-state index in [0.29, 0.717) is 0 Å². The molecule has 3 heteroatoms. The fourth-order valence-corrected chi connectivity index (χ4v) is 2.70. The molecule has 0 aromatic heterocycles. The molecule has 1 atom stereocenters. The van der Waals surface area contributed by atoms with E-state index in [2.05, 4.69) is 0 Å². The third-order valence-corrected chi connectivity index (χ3v) is 3.98. The second-order valence-corrected chi connectivity index (χ2v) is 5.84. The first-order chi connectivity index (χ1) is 12.2. The highest BCUT2D eigenvalue weighted by Crippen LogP contribution is 2.26. The first kappa shape index (κ1) is 16.9. The summed E-state index contributed by atoms with van der Waals surface area (Å²) in [4.78, 5) is 12.4. The van der Waals surface area contributed by atoms with E-state index in [4.69, 9.17) is 4.74 Å². The summed E-state index contributed by atoms with van der Waals surface area (Å²) in [7, 11) is 0. The van der Waals surface area contributed by atoms with Crippen molar-refractivity contribution in [1.29, 1.82) is 0 Å². The quantitative estimate of drug-likeness (QED) is 0.696. The molecule has 0 aliphatic heterocycles. The van der Waals surface area contributed by atoms with Gasteiger partial charge in [0.15, 0.2) is 12.2 Å². The van der Waals surface area contributed by atoms with Gasteiger partial charge in [-0.1, -0.05) is 91.0 Å². The summed E-state index contributed by atoms with van der Waals surface area (Å²) in [5, 5.41) is 10.2. The summed E-state index contributed by atoms with van der Waals surface area (Å²) in [5.74, 6) is -0.624. The van der Waals surface area contributed by atoms with E-state index in [0.717, 1.165) is 16.7 Å². The lowest BCUT2D eigenvalue weighted by atomic mass is 10.0. The average molecular weight is 332 g/mol. The topological polar surface area (TPSA) is 46.5 Å². The maximum absolute atomic E-state index is 12.4. The molecule has 3 rings (SSSR count). The molecule has 25 heavy (non-hydrogen) atoms. The molecule has 0 aliphatic carbocycles. The number of carbonyl (C=O) groups excluding carboxylic acids is 1. The van der Waals surface area contributed by atoms with Crippen LogP contribution in [0.5, 0.6) is 0 Å². The van der Waals surface area contributed by atoms with Crippen molar-refractivity contribution < 1.29 is 14.6 Å². The number of hydrogen-bond donors (Lipinski definition) is 1. The molecule has 0 bridgehead atoms. The third-order valence-electron chi connectivity index (χ3n) is 3.98. The van der Waals surface area contributed by atoms with E-state index in [-0.39, 0.29) is 6.42 Å². The lowest BCUT2D eigenvalue weighted by molar-refractivity contribution is -0.157. The highest BCUT2D eigenvalue weighted by molar-refractivity contribution is 5.75. The number of aliphatic hydroxyl groups is 1. The average Bonchev–Trinajstić information content (AvgIpc) is 2.68. The van der Waals surface area contributed by atoms with E-state index in [9.17, 15) is 9.90 Å². The van der Waals surface area contributed by atoms with Crippen LogP contribution in [-0.2, 0) is 16.0 Å². The second-order valence-electron chi connectivity index (χ2n) is 5.84.